The first-order valence-electron chi connectivity index (χ1n) is 7.09. The maximum atomic E-state index is 6.01. The van der Waals surface area contributed by atoms with Crippen molar-refractivity contribution in [1.29, 1.82) is 0 Å². The monoisotopic (exact) mass is 349 g/mol. The summed E-state index contributed by atoms with van der Waals surface area (Å²) in [6.45, 7) is 2.77. The molecule has 0 spiro atoms. The van der Waals surface area contributed by atoms with Crippen LogP contribution >= 0.6 is 22.9 Å². The quantitative estimate of drug-likeness (QED) is 0.689. The first-order chi connectivity index (χ1) is 11.2. The second kappa shape index (κ2) is 6.60. The predicted molar refractivity (Wildman–Crippen MR) is 95.1 cm³/mol. The molecule has 0 unspecified atom stereocenters. The maximum absolute atomic E-state index is 6.01. The van der Waals surface area contributed by atoms with Crippen LogP contribution in [0.4, 0.5) is 5.82 Å². The Hall–Kier alpha value is -2.05. The van der Waals surface area contributed by atoms with Gasteiger partial charge in [0.05, 0.1) is 19.6 Å². The topological polar surface area (TPSA) is 56.3 Å². The number of hydrogen-bond acceptors (Lipinski definition) is 6. The molecule has 0 saturated heterocycles. The van der Waals surface area contributed by atoms with Crippen molar-refractivity contribution in [1.82, 2.24) is 9.97 Å². The lowest BCUT2D eigenvalue weighted by molar-refractivity contribution is 0.355. The molecule has 7 heteroatoms. The van der Waals surface area contributed by atoms with Crippen LogP contribution in [0.5, 0.6) is 11.5 Å². The summed E-state index contributed by atoms with van der Waals surface area (Å²) in [6.07, 6.45) is 0. The van der Waals surface area contributed by atoms with Crippen molar-refractivity contribution in [3.8, 4) is 22.6 Å². The molecule has 0 aliphatic heterocycles. The highest BCUT2D eigenvalue weighted by Gasteiger charge is 2.16. The highest BCUT2D eigenvalue weighted by molar-refractivity contribution is 7.17. The summed E-state index contributed by atoms with van der Waals surface area (Å²) in [4.78, 5) is 9.49. The third-order valence-corrected chi connectivity index (χ3v) is 4.49. The van der Waals surface area contributed by atoms with Crippen molar-refractivity contribution in [3.63, 3.8) is 0 Å². The number of nitrogens with zero attached hydrogens (tertiary/aromatic N) is 2. The number of fused-ring (bicyclic) bond motifs is 1. The number of ether oxygens (including phenoxy) is 2. The minimum atomic E-state index is 0.245. The van der Waals surface area contributed by atoms with E-state index in [4.69, 9.17) is 21.1 Å². The van der Waals surface area contributed by atoms with Gasteiger partial charge in [-0.2, -0.15) is 0 Å². The van der Waals surface area contributed by atoms with E-state index in [9.17, 15) is 0 Å². The van der Waals surface area contributed by atoms with Crippen molar-refractivity contribution in [2.45, 2.75) is 6.92 Å². The highest BCUT2D eigenvalue weighted by Crippen LogP contribution is 2.40. The number of hydrogen-bond donors (Lipinski definition) is 1. The zero-order valence-electron chi connectivity index (χ0n) is 13.0. The standard InChI is InChI=1S/C16H16ClN3O2S/c1-4-18-14-13-10(8-23-15(13)20-16(17)19-14)9-5-6-11(21-2)12(7-9)22-3/h5-8H,4H2,1-3H3,(H,18,19,20). The van der Waals surface area contributed by atoms with E-state index in [-0.39, 0.29) is 5.28 Å². The molecule has 2 heterocycles. The number of thiophene rings is 1. The first-order valence-corrected chi connectivity index (χ1v) is 8.34. The fraction of sp³-hybridized carbons (Fsp3) is 0.250. The Morgan fingerprint density at radius 3 is 2.65 bits per heavy atom. The van der Waals surface area contributed by atoms with Crippen LogP contribution in [-0.2, 0) is 0 Å². The Bertz CT molecular complexity index is 851. The van der Waals surface area contributed by atoms with Gasteiger partial charge in [-0.25, -0.2) is 9.97 Å². The van der Waals surface area contributed by atoms with Crippen LogP contribution in [0.25, 0.3) is 21.3 Å². The van der Waals surface area contributed by atoms with E-state index in [0.717, 1.165) is 33.7 Å². The first kappa shape index (κ1) is 15.8. The van der Waals surface area contributed by atoms with Gasteiger partial charge in [-0.15, -0.1) is 11.3 Å². The normalized spacial score (nSPS) is 10.8. The number of aromatic nitrogens is 2. The lowest BCUT2D eigenvalue weighted by Gasteiger charge is -2.10. The molecule has 2 aromatic heterocycles. The van der Waals surface area contributed by atoms with Gasteiger partial charge in [0.25, 0.3) is 0 Å². The van der Waals surface area contributed by atoms with Gasteiger partial charge in [0.15, 0.2) is 11.5 Å². The van der Waals surface area contributed by atoms with Crippen LogP contribution in [0.2, 0.25) is 5.28 Å². The van der Waals surface area contributed by atoms with Gasteiger partial charge in [-0.3, -0.25) is 0 Å². The average molecular weight is 350 g/mol. The van der Waals surface area contributed by atoms with Gasteiger partial charge in [-0.05, 0) is 36.2 Å². The van der Waals surface area contributed by atoms with Gasteiger partial charge < -0.3 is 14.8 Å². The van der Waals surface area contributed by atoms with Gasteiger partial charge in [-0.1, -0.05) is 6.07 Å². The molecule has 0 amide bonds. The molecule has 0 radical (unpaired) electrons. The predicted octanol–water partition coefficient (Wildman–Crippen LogP) is 4.46. The van der Waals surface area contributed by atoms with Crippen LogP contribution in [0.3, 0.4) is 0 Å². The van der Waals surface area contributed by atoms with Crippen LogP contribution in [0.1, 0.15) is 6.92 Å². The Labute approximate surface area is 143 Å². The number of anilines is 1. The fourth-order valence-corrected chi connectivity index (χ4v) is 3.59. The van der Waals surface area contributed by atoms with Crippen molar-refractivity contribution in [3.05, 3.63) is 28.9 Å². The molecule has 3 aromatic rings. The largest absolute Gasteiger partial charge is 0.493 e. The fourth-order valence-electron chi connectivity index (χ4n) is 2.43. The minimum absolute atomic E-state index is 0.245. The smallest absolute Gasteiger partial charge is 0.225 e. The minimum Gasteiger partial charge on any atom is -0.493 e. The molecule has 0 bridgehead atoms. The van der Waals surface area contributed by atoms with Gasteiger partial charge in [0.1, 0.15) is 10.6 Å². The van der Waals surface area contributed by atoms with E-state index in [1.54, 1.807) is 14.2 Å². The van der Waals surface area contributed by atoms with E-state index in [1.165, 1.54) is 11.3 Å². The molecule has 1 N–H and O–H groups in total. The molecule has 1 aromatic carbocycles. The zero-order valence-corrected chi connectivity index (χ0v) is 14.6. The summed E-state index contributed by atoms with van der Waals surface area (Å²) in [5, 5.41) is 6.52. The van der Waals surface area contributed by atoms with E-state index in [1.807, 2.05) is 25.1 Å². The zero-order chi connectivity index (χ0) is 16.4. The van der Waals surface area contributed by atoms with Crippen molar-refractivity contribution < 1.29 is 9.47 Å². The number of nitrogens with one attached hydrogen (secondary N) is 1. The van der Waals surface area contributed by atoms with Crippen LogP contribution in [0.15, 0.2) is 23.6 Å². The van der Waals surface area contributed by atoms with Crippen molar-refractivity contribution >= 4 is 39.0 Å². The molecular weight excluding hydrogens is 334 g/mol. The molecule has 0 aliphatic carbocycles. The summed E-state index contributed by atoms with van der Waals surface area (Å²) in [5.41, 5.74) is 2.05. The third kappa shape index (κ3) is 2.92. The molecule has 23 heavy (non-hydrogen) atoms. The number of rotatable bonds is 5. The van der Waals surface area contributed by atoms with Crippen LogP contribution in [0, 0.1) is 0 Å². The number of methoxy groups -OCH3 is 2. The maximum Gasteiger partial charge on any atom is 0.225 e. The third-order valence-electron chi connectivity index (χ3n) is 3.45. The SMILES string of the molecule is CCNc1nc(Cl)nc2scc(-c3ccc(OC)c(OC)c3)c12. The Morgan fingerprint density at radius 1 is 1.17 bits per heavy atom. The summed E-state index contributed by atoms with van der Waals surface area (Å²) in [6, 6.07) is 5.83. The van der Waals surface area contributed by atoms with Crippen LogP contribution in [-0.4, -0.2) is 30.7 Å². The van der Waals surface area contributed by atoms with Crippen molar-refractivity contribution in [2.24, 2.45) is 0 Å². The van der Waals surface area contributed by atoms with E-state index in [2.05, 4.69) is 20.7 Å². The van der Waals surface area contributed by atoms with Gasteiger partial charge >= 0.3 is 0 Å². The summed E-state index contributed by atoms with van der Waals surface area (Å²) >= 11 is 7.55. The number of halogens is 1. The van der Waals surface area contributed by atoms with Gasteiger partial charge in [0, 0.05) is 17.5 Å². The highest BCUT2D eigenvalue weighted by atomic mass is 35.5. The average Bonchev–Trinajstić information content (AvgIpc) is 2.98. The van der Waals surface area contributed by atoms with Gasteiger partial charge in [0.2, 0.25) is 5.28 Å². The second-order valence-electron chi connectivity index (χ2n) is 4.77. The van der Waals surface area contributed by atoms with Crippen molar-refractivity contribution in [2.75, 3.05) is 26.1 Å². The Morgan fingerprint density at radius 2 is 1.96 bits per heavy atom. The molecule has 0 fully saturated rings. The van der Waals surface area contributed by atoms with Crippen LogP contribution < -0.4 is 14.8 Å². The summed E-state index contributed by atoms with van der Waals surface area (Å²) < 4.78 is 10.7. The second-order valence-corrected chi connectivity index (χ2v) is 5.97. The lowest BCUT2D eigenvalue weighted by Crippen LogP contribution is -2.01. The Kier molecular flexibility index (Phi) is 4.54. The van der Waals surface area contributed by atoms with E-state index in [0.29, 0.717) is 11.5 Å². The molecule has 0 aliphatic rings. The summed E-state index contributed by atoms with van der Waals surface area (Å²) in [7, 11) is 3.25. The van der Waals surface area contributed by atoms with E-state index >= 15 is 0 Å². The molecule has 120 valence electrons. The molecule has 3 rings (SSSR count). The molecule has 0 atom stereocenters. The van der Waals surface area contributed by atoms with E-state index < -0.39 is 0 Å². The number of benzene rings is 1. The summed E-state index contributed by atoms with van der Waals surface area (Å²) in [5.74, 6) is 2.12. The molecular formula is C16H16ClN3O2S. The Balaban J connectivity index is 2.20. The molecule has 5 nitrogen and oxygen atoms in total. The molecule has 0 saturated carbocycles. The lowest BCUT2D eigenvalue weighted by atomic mass is 10.1.